The minimum atomic E-state index is -4.04. The number of anilines is 2. The second-order valence-electron chi connectivity index (χ2n) is 9.65. The number of rotatable bonds is 7. The van der Waals surface area contributed by atoms with E-state index in [2.05, 4.69) is 14.9 Å². The van der Waals surface area contributed by atoms with Crippen molar-refractivity contribution in [3.63, 3.8) is 0 Å². The van der Waals surface area contributed by atoms with Gasteiger partial charge in [0.2, 0.25) is 0 Å². The van der Waals surface area contributed by atoms with Crippen molar-refractivity contribution in [1.29, 1.82) is 0 Å². The van der Waals surface area contributed by atoms with E-state index in [4.69, 9.17) is 0 Å². The number of pyridine rings is 1. The molecule has 3 aromatic rings. The number of carbonyl (C=O) groups excluding carboxylic acids is 1. The zero-order chi connectivity index (χ0) is 26.2. The molecule has 5 rings (SSSR count). The van der Waals surface area contributed by atoms with E-state index in [1.54, 1.807) is 30.3 Å². The number of amides is 1. The molecule has 8 nitrogen and oxygen atoms in total. The Morgan fingerprint density at radius 3 is 2.59 bits per heavy atom. The average molecular weight is 525 g/mol. The number of sulfonamides is 1. The lowest BCUT2D eigenvalue weighted by molar-refractivity contribution is 0.0953. The number of benzene rings is 2. The van der Waals surface area contributed by atoms with Gasteiger partial charge in [-0.2, -0.15) is 0 Å². The highest BCUT2D eigenvalue weighted by molar-refractivity contribution is 7.92. The molecule has 0 spiro atoms. The lowest BCUT2D eigenvalue weighted by atomic mass is 9.83. The number of hydrogen-bond acceptors (Lipinski definition) is 5. The first-order valence-electron chi connectivity index (χ1n) is 12.4. The van der Waals surface area contributed by atoms with Gasteiger partial charge < -0.3 is 14.8 Å². The van der Waals surface area contributed by atoms with Gasteiger partial charge in [0.25, 0.3) is 21.5 Å². The SMILES string of the molecule is CCCNC(=O)c1ccc(N2CC3CC(C2)c2cccc(=O)n2C3)c(NS(=O)(=O)c2ccc(F)cc2)c1. The zero-order valence-corrected chi connectivity index (χ0v) is 21.3. The number of piperidine rings is 1. The maximum Gasteiger partial charge on any atom is 0.261 e. The van der Waals surface area contributed by atoms with Gasteiger partial charge in [-0.25, -0.2) is 12.8 Å². The molecule has 1 amide bonds. The molecular formula is C27H29FN4O4S. The van der Waals surface area contributed by atoms with Gasteiger partial charge in [-0.15, -0.1) is 0 Å². The topological polar surface area (TPSA) is 101 Å². The Kier molecular flexibility index (Phi) is 6.76. The minimum Gasteiger partial charge on any atom is -0.369 e. The number of hydrogen-bond donors (Lipinski definition) is 2. The molecule has 1 fully saturated rings. The highest BCUT2D eigenvalue weighted by Gasteiger charge is 2.35. The van der Waals surface area contributed by atoms with Crippen molar-refractivity contribution in [1.82, 2.24) is 9.88 Å². The van der Waals surface area contributed by atoms with Gasteiger partial charge >= 0.3 is 0 Å². The largest absolute Gasteiger partial charge is 0.369 e. The molecule has 1 aromatic heterocycles. The van der Waals surface area contributed by atoms with Gasteiger partial charge in [-0.05, 0) is 67.3 Å². The van der Waals surface area contributed by atoms with Crippen molar-refractivity contribution in [2.24, 2.45) is 5.92 Å². The summed E-state index contributed by atoms with van der Waals surface area (Å²) in [6, 6.07) is 14.9. The molecular weight excluding hydrogens is 495 g/mol. The van der Waals surface area contributed by atoms with Crippen molar-refractivity contribution in [3.8, 4) is 0 Å². The monoisotopic (exact) mass is 524 g/mol. The van der Waals surface area contributed by atoms with Crippen LogP contribution < -0.4 is 20.5 Å². The maximum absolute atomic E-state index is 13.4. The predicted molar refractivity (Wildman–Crippen MR) is 140 cm³/mol. The van der Waals surface area contributed by atoms with E-state index >= 15 is 0 Å². The summed E-state index contributed by atoms with van der Waals surface area (Å²) < 4.78 is 44.3. The van der Waals surface area contributed by atoms with Gasteiger partial charge in [-0.3, -0.25) is 14.3 Å². The summed E-state index contributed by atoms with van der Waals surface area (Å²) in [4.78, 5) is 27.1. The Morgan fingerprint density at radius 1 is 1.05 bits per heavy atom. The Morgan fingerprint density at radius 2 is 1.84 bits per heavy atom. The summed E-state index contributed by atoms with van der Waals surface area (Å²) in [6.07, 6.45) is 1.73. The summed E-state index contributed by atoms with van der Waals surface area (Å²) >= 11 is 0. The van der Waals surface area contributed by atoms with Crippen LogP contribution in [0.2, 0.25) is 0 Å². The molecule has 0 aliphatic carbocycles. The lowest BCUT2D eigenvalue weighted by Gasteiger charge is -2.44. The molecule has 10 heteroatoms. The highest BCUT2D eigenvalue weighted by atomic mass is 32.2. The molecule has 194 valence electrons. The van der Waals surface area contributed by atoms with E-state index in [-0.39, 0.29) is 33.9 Å². The quantitative estimate of drug-likeness (QED) is 0.492. The van der Waals surface area contributed by atoms with Crippen molar-refractivity contribution < 1.29 is 17.6 Å². The zero-order valence-electron chi connectivity index (χ0n) is 20.5. The molecule has 1 saturated heterocycles. The van der Waals surface area contributed by atoms with E-state index in [1.807, 2.05) is 17.6 Å². The van der Waals surface area contributed by atoms with E-state index in [0.29, 0.717) is 37.4 Å². The Bertz CT molecular complexity index is 1490. The summed E-state index contributed by atoms with van der Waals surface area (Å²) in [5.41, 5.74) is 2.24. The second-order valence-corrected chi connectivity index (χ2v) is 11.3. The van der Waals surface area contributed by atoms with Crippen molar-refractivity contribution in [3.05, 3.63) is 88.1 Å². The molecule has 3 heterocycles. The van der Waals surface area contributed by atoms with Crippen LogP contribution in [0.1, 0.15) is 41.7 Å². The Balaban J connectivity index is 1.51. The van der Waals surface area contributed by atoms with Crippen molar-refractivity contribution in [2.75, 3.05) is 29.3 Å². The van der Waals surface area contributed by atoms with E-state index < -0.39 is 15.8 Å². The number of fused-ring (bicyclic) bond motifs is 4. The molecule has 2 bridgehead atoms. The van der Waals surface area contributed by atoms with Crippen LogP contribution in [0.3, 0.4) is 0 Å². The first-order chi connectivity index (χ1) is 17.7. The normalized spacial score (nSPS) is 18.7. The number of nitrogens with one attached hydrogen (secondary N) is 2. The summed E-state index contributed by atoms with van der Waals surface area (Å²) in [5, 5.41) is 2.82. The van der Waals surface area contributed by atoms with Crippen LogP contribution in [0.25, 0.3) is 0 Å². The molecule has 2 N–H and O–H groups in total. The van der Waals surface area contributed by atoms with Gasteiger partial charge in [0.1, 0.15) is 5.82 Å². The van der Waals surface area contributed by atoms with Crippen LogP contribution >= 0.6 is 0 Å². The average Bonchev–Trinajstić information content (AvgIpc) is 2.88. The third-order valence-corrected chi connectivity index (χ3v) is 8.36. The van der Waals surface area contributed by atoms with Crippen molar-refractivity contribution >= 4 is 27.3 Å². The van der Waals surface area contributed by atoms with Gasteiger partial charge in [0, 0.05) is 49.4 Å². The highest BCUT2D eigenvalue weighted by Crippen LogP contribution is 2.39. The summed E-state index contributed by atoms with van der Waals surface area (Å²) in [5.74, 6) is -0.483. The second kappa shape index (κ2) is 10.0. The van der Waals surface area contributed by atoms with Crippen LogP contribution in [0.15, 0.2) is 70.4 Å². The van der Waals surface area contributed by atoms with E-state index in [0.717, 1.165) is 30.7 Å². The molecule has 2 aliphatic heterocycles. The van der Waals surface area contributed by atoms with Crippen molar-refractivity contribution in [2.45, 2.75) is 37.1 Å². The molecule has 0 saturated carbocycles. The Hall–Kier alpha value is -3.66. The standard InChI is InChI=1S/C27H29FN4O4S/c1-2-12-29-27(34)19-6-11-25(23(14-19)30-37(35,36)22-9-7-21(28)8-10-22)31-15-18-13-20(17-31)24-4-3-5-26(33)32(24)16-18/h3-11,14,18,20,30H,2,12-13,15-17H2,1H3,(H,29,34). The lowest BCUT2D eigenvalue weighted by Crippen LogP contribution is -2.47. The van der Waals surface area contributed by atoms with E-state index in [1.165, 1.54) is 12.1 Å². The summed E-state index contributed by atoms with van der Waals surface area (Å²) in [7, 11) is -4.04. The molecule has 2 aromatic carbocycles. The van der Waals surface area contributed by atoms with Crippen LogP contribution in [0, 0.1) is 11.7 Å². The van der Waals surface area contributed by atoms with Gasteiger partial charge in [0.05, 0.1) is 16.3 Å². The predicted octanol–water partition coefficient (Wildman–Crippen LogP) is 3.55. The number of aromatic nitrogens is 1. The van der Waals surface area contributed by atoms with E-state index in [9.17, 15) is 22.4 Å². The molecule has 0 radical (unpaired) electrons. The third-order valence-electron chi connectivity index (χ3n) is 6.98. The maximum atomic E-state index is 13.4. The fraction of sp³-hybridized carbons (Fsp3) is 0.333. The van der Waals surface area contributed by atoms with Crippen LogP contribution in [0.5, 0.6) is 0 Å². The smallest absolute Gasteiger partial charge is 0.261 e. The molecule has 37 heavy (non-hydrogen) atoms. The number of carbonyl (C=O) groups is 1. The minimum absolute atomic E-state index is 0.00385. The third kappa shape index (κ3) is 5.11. The molecule has 2 aliphatic rings. The molecule has 2 unspecified atom stereocenters. The fourth-order valence-corrected chi connectivity index (χ4v) is 6.35. The van der Waals surface area contributed by atoms with Crippen LogP contribution in [-0.4, -0.2) is 38.5 Å². The number of nitrogens with zero attached hydrogens (tertiary/aromatic N) is 2. The fourth-order valence-electron chi connectivity index (χ4n) is 5.29. The van der Waals surface area contributed by atoms with Gasteiger partial charge in [-0.1, -0.05) is 13.0 Å². The Labute approximate surface area is 215 Å². The van der Waals surface area contributed by atoms with Crippen LogP contribution in [0.4, 0.5) is 15.8 Å². The molecule has 2 atom stereocenters. The van der Waals surface area contributed by atoms with Crippen LogP contribution in [-0.2, 0) is 16.6 Å². The number of halogens is 1. The first-order valence-corrected chi connectivity index (χ1v) is 13.9. The summed E-state index contributed by atoms with van der Waals surface area (Å²) in [6.45, 7) is 4.31. The van der Waals surface area contributed by atoms with Gasteiger partial charge in [0.15, 0.2) is 0 Å². The first kappa shape index (κ1) is 25.0.